The monoisotopic (exact) mass is 134 g/mol. The molecule has 0 unspecified atom stereocenters. The lowest BCUT2D eigenvalue weighted by molar-refractivity contribution is 0.302. The van der Waals surface area contributed by atoms with E-state index in [0.717, 1.165) is 6.61 Å². The Morgan fingerprint density at radius 1 is 1.38 bits per heavy atom. The summed E-state index contributed by atoms with van der Waals surface area (Å²) in [5, 5.41) is 0. The van der Waals surface area contributed by atoms with E-state index >= 15 is 0 Å². The summed E-state index contributed by atoms with van der Waals surface area (Å²) in [6.07, 6.45) is 0. The van der Waals surface area contributed by atoms with E-state index in [9.17, 15) is 0 Å². The van der Waals surface area contributed by atoms with E-state index in [0.29, 0.717) is 5.92 Å². The van der Waals surface area contributed by atoms with Crippen molar-refractivity contribution in [2.75, 3.05) is 19.9 Å². The van der Waals surface area contributed by atoms with Crippen LogP contribution in [0.15, 0.2) is 0 Å². The van der Waals surface area contributed by atoms with Gasteiger partial charge in [-0.25, -0.2) is 0 Å². The fraction of sp³-hybridized carbons (Fsp3) is 1.00. The third kappa shape index (κ3) is 6.39. The van der Waals surface area contributed by atoms with Crippen LogP contribution in [0.25, 0.3) is 0 Å². The minimum atomic E-state index is -0.133. The fourth-order valence-corrected chi connectivity index (χ4v) is 0.894. The molecule has 0 bridgehead atoms. The van der Waals surface area contributed by atoms with Crippen LogP contribution in [0, 0.1) is 5.92 Å². The number of hydrogen-bond acceptors (Lipinski definition) is 1. The third-order valence-corrected chi connectivity index (χ3v) is 1.33. The van der Waals surface area contributed by atoms with Crippen LogP contribution in [-0.4, -0.2) is 19.9 Å². The van der Waals surface area contributed by atoms with E-state index < -0.39 is 0 Å². The highest BCUT2D eigenvalue weighted by Crippen LogP contribution is 2.26. The first-order valence-electron chi connectivity index (χ1n) is 2.93. The zero-order chi connectivity index (χ0) is 6.57. The highest BCUT2D eigenvalue weighted by atomic mass is 31.1. The van der Waals surface area contributed by atoms with Gasteiger partial charge in [-0.05, 0) is 19.2 Å². The highest BCUT2D eigenvalue weighted by molar-refractivity contribution is 7.50. The van der Waals surface area contributed by atoms with Gasteiger partial charge < -0.3 is 4.52 Å². The van der Waals surface area contributed by atoms with Gasteiger partial charge >= 0.3 is 0 Å². The van der Waals surface area contributed by atoms with Crippen molar-refractivity contribution in [3.8, 4) is 0 Å². The topological polar surface area (TPSA) is 9.23 Å². The van der Waals surface area contributed by atoms with Gasteiger partial charge in [0.1, 0.15) is 0 Å². The van der Waals surface area contributed by atoms with Gasteiger partial charge in [0.25, 0.3) is 0 Å². The Morgan fingerprint density at radius 2 is 1.88 bits per heavy atom. The first-order chi connectivity index (χ1) is 3.63. The summed E-state index contributed by atoms with van der Waals surface area (Å²) in [7, 11) is -0.133. The summed E-state index contributed by atoms with van der Waals surface area (Å²) in [4.78, 5) is 0. The van der Waals surface area contributed by atoms with E-state index in [1.54, 1.807) is 0 Å². The van der Waals surface area contributed by atoms with Crippen molar-refractivity contribution in [3.63, 3.8) is 0 Å². The Labute approximate surface area is 53.3 Å². The highest BCUT2D eigenvalue weighted by Gasteiger charge is 1.94. The van der Waals surface area contributed by atoms with Crippen LogP contribution >= 0.6 is 8.15 Å². The quantitative estimate of drug-likeness (QED) is 0.538. The van der Waals surface area contributed by atoms with Crippen LogP contribution in [0.3, 0.4) is 0 Å². The smallest absolute Gasteiger partial charge is 0.0531 e. The van der Waals surface area contributed by atoms with Crippen LogP contribution < -0.4 is 0 Å². The molecule has 0 saturated carbocycles. The van der Waals surface area contributed by atoms with Crippen LogP contribution in [0.2, 0.25) is 0 Å². The molecular formula is C6H15OP. The normalized spacial score (nSPS) is 11.2. The average Bonchev–Trinajstić information content (AvgIpc) is 1.61. The molecule has 0 fully saturated rings. The van der Waals surface area contributed by atoms with E-state index in [-0.39, 0.29) is 8.15 Å². The van der Waals surface area contributed by atoms with Crippen molar-refractivity contribution >= 4 is 8.15 Å². The first-order valence-corrected chi connectivity index (χ1v) is 5.08. The molecule has 0 aromatic heterocycles. The molecule has 0 saturated heterocycles. The maximum atomic E-state index is 5.37. The Morgan fingerprint density at radius 3 is 2.00 bits per heavy atom. The van der Waals surface area contributed by atoms with Gasteiger partial charge in [-0.1, -0.05) is 13.8 Å². The summed E-state index contributed by atoms with van der Waals surface area (Å²) in [5.41, 5.74) is 0. The minimum absolute atomic E-state index is 0.133. The Bertz CT molecular complexity index is 44.5. The van der Waals surface area contributed by atoms with Crippen molar-refractivity contribution in [1.29, 1.82) is 0 Å². The molecule has 8 heavy (non-hydrogen) atoms. The molecule has 0 atom stereocenters. The standard InChI is InChI=1S/C6H15OP/c1-6(2)5-7-8(3)4/h6H,5H2,1-4H3. The minimum Gasteiger partial charge on any atom is -0.360 e. The number of rotatable bonds is 3. The van der Waals surface area contributed by atoms with Gasteiger partial charge in [-0.3, -0.25) is 0 Å². The van der Waals surface area contributed by atoms with E-state index in [1.807, 2.05) is 0 Å². The predicted molar refractivity (Wildman–Crippen MR) is 39.6 cm³/mol. The second kappa shape index (κ2) is 4.29. The summed E-state index contributed by atoms with van der Waals surface area (Å²) in [6.45, 7) is 9.49. The fourth-order valence-electron chi connectivity index (χ4n) is 0.298. The zero-order valence-electron chi connectivity index (χ0n) is 6.14. The van der Waals surface area contributed by atoms with E-state index in [4.69, 9.17) is 4.52 Å². The zero-order valence-corrected chi connectivity index (χ0v) is 7.03. The third-order valence-electron chi connectivity index (χ3n) is 0.666. The molecule has 2 heteroatoms. The van der Waals surface area contributed by atoms with Gasteiger partial charge in [0.05, 0.1) is 6.61 Å². The molecule has 50 valence electrons. The lowest BCUT2D eigenvalue weighted by Gasteiger charge is -2.08. The summed E-state index contributed by atoms with van der Waals surface area (Å²) >= 11 is 0. The van der Waals surface area contributed by atoms with Gasteiger partial charge in [-0.15, -0.1) is 0 Å². The van der Waals surface area contributed by atoms with Crippen molar-refractivity contribution in [3.05, 3.63) is 0 Å². The molecule has 0 aromatic carbocycles. The maximum absolute atomic E-state index is 5.37. The maximum Gasteiger partial charge on any atom is 0.0531 e. The van der Waals surface area contributed by atoms with Crippen LogP contribution in [0.1, 0.15) is 13.8 Å². The average molecular weight is 134 g/mol. The second-order valence-corrected chi connectivity index (χ2v) is 4.38. The molecule has 0 heterocycles. The van der Waals surface area contributed by atoms with E-state index in [2.05, 4.69) is 27.2 Å². The molecule has 0 spiro atoms. The van der Waals surface area contributed by atoms with Crippen LogP contribution in [0.5, 0.6) is 0 Å². The molecule has 0 aliphatic rings. The lowest BCUT2D eigenvalue weighted by atomic mass is 10.2. The Hall–Kier alpha value is 0.390. The molecule has 0 amide bonds. The number of hydrogen-bond donors (Lipinski definition) is 0. The SMILES string of the molecule is CC(C)COP(C)C. The van der Waals surface area contributed by atoms with Crippen molar-refractivity contribution in [1.82, 2.24) is 0 Å². The van der Waals surface area contributed by atoms with Gasteiger partial charge in [0, 0.05) is 8.15 Å². The van der Waals surface area contributed by atoms with Crippen LogP contribution in [0.4, 0.5) is 0 Å². The molecule has 1 nitrogen and oxygen atoms in total. The van der Waals surface area contributed by atoms with Gasteiger partial charge in [-0.2, -0.15) is 0 Å². The lowest BCUT2D eigenvalue weighted by Crippen LogP contribution is -1.96. The molecule has 0 rings (SSSR count). The molecule has 0 radical (unpaired) electrons. The Balaban J connectivity index is 2.93. The van der Waals surface area contributed by atoms with Gasteiger partial charge in [0.2, 0.25) is 0 Å². The molecule has 0 N–H and O–H groups in total. The first kappa shape index (κ1) is 8.39. The van der Waals surface area contributed by atoms with E-state index in [1.165, 1.54) is 0 Å². The van der Waals surface area contributed by atoms with Gasteiger partial charge in [0.15, 0.2) is 0 Å². The summed E-state index contributed by atoms with van der Waals surface area (Å²) < 4.78 is 5.37. The second-order valence-electron chi connectivity index (χ2n) is 2.50. The predicted octanol–water partition coefficient (Wildman–Crippen LogP) is 2.32. The molecule has 0 aromatic rings. The largest absolute Gasteiger partial charge is 0.360 e. The molecule has 0 aliphatic carbocycles. The van der Waals surface area contributed by atoms with Crippen molar-refractivity contribution in [2.45, 2.75) is 13.8 Å². The molecule has 0 aliphatic heterocycles. The van der Waals surface area contributed by atoms with Crippen LogP contribution in [-0.2, 0) is 4.52 Å². The molecular weight excluding hydrogens is 119 g/mol. The summed E-state index contributed by atoms with van der Waals surface area (Å²) in [6, 6.07) is 0. The Kier molecular flexibility index (Phi) is 4.50. The summed E-state index contributed by atoms with van der Waals surface area (Å²) in [5.74, 6) is 0.680. The van der Waals surface area contributed by atoms with Crippen molar-refractivity contribution < 1.29 is 4.52 Å². The van der Waals surface area contributed by atoms with Crippen molar-refractivity contribution in [2.24, 2.45) is 5.92 Å².